The maximum Gasteiger partial charge on any atom is 0.333 e. The Morgan fingerprint density at radius 2 is 2.12 bits per heavy atom. The molecule has 0 saturated carbocycles. The van der Waals surface area contributed by atoms with Crippen molar-refractivity contribution >= 4 is 34.7 Å². The number of carbonyl (C=O) groups excluding carboxylic acids is 2. The molecule has 0 aromatic heterocycles. The van der Waals surface area contributed by atoms with Crippen molar-refractivity contribution in [1.82, 2.24) is 5.32 Å². The molecule has 0 heterocycles. The highest BCUT2D eigenvalue weighted by Crippen LogP contribution is 2.38. The Morgan fingerprint density at radius 1 is 1.46 bits per heavy atom. The summed E-state index contributed by atoms with van der Waals surface area (Å²) in [5, 5.41) is 17.9. The number of hydrogen-bond donors (Lipinski definition) is 3. The Hall–Kier alpha value is -3.50. The molecule has 0 spiro atoms. The molecule has 4 N–H and O–H groups in total. The summed E-state index contributed by atoms with van der Waals surface area (Å²) in [4.78, 5) is 43.4. The average molecular weight is 337 g/mol. The van der Waals surface area contributed by atoms with Crippen LogP contribution in [-0.2, 0) is 9.53 Å². The Morgan fingerprint density at radius 3 is 2.67 bits per heavy atom. The van der Waals surface area contributed by atoms with Gasteiger partial charge in [0, 0.05) is 11.6 Å². The number of nitrogen functional groups attached to an aromatic ring is 1. The molecule has 0 aliphatic heterocycles. The predicted octanol–water partition coefficient (Wildman–Crippen LogP) is 1.82. The number of nitroso groups, excluding NO2 is 1. The second-order valence-electron chi connectivity index (χ2n) is 4.54. The van der Waals surface area contributed by atoms with Crippen molar-refractivity contribution in [2.24, 2.45) is 5.18 Å². The summed E-state index contributed by atoms with van der Waals surface area (Å²) in [7, 11) is 0. The van der Waals surface area contributed by atoms with E-state index in [1.165, 1.54) is 13.0 Å². The molecular weight excluding hydrogens is 322 g/mol. The molecule has 0 fully saturated rings. The van der Waals surface area contributed by atoms with Crippen LogP contribution in [0.15, 0.2) is 29.5 Å². The molecule has 0 aliphatic carbocycles. The standard InChI is InChI=1S/C13H15N5O6/c1-7(2)12(19)24-6-5-15-13(20)16-8-3-4-9(18(22)23)11(17-21)10(8)14/h3-4H,1,5-6,14H2,2H3,(H2,15,16,20). The van der Waals surface area contributed by atoms with E-state index in [0.717, 1.165) is 6.07 Å². The van der Waals surface area contributed by atoms with Crippen LogP contribution in [0, 0.1) is 15.0 Å². The Kier molecular flexibility index (Phi) is 6.35. The third-order valence-electron chi connectivity index (χ3n) is 2.70. The molecule has 0 unspecified atom stereocenters. The molecule has 1 aromatic carbocycles. The van der Waals surface area contributed by atoms with Crippen molar-refractivity contribution in [2.45, 2.75) is 6.92 Å². The SMILES string of the molecule is C=C(C)C(=O)OCCNC(=O)Nc1ccc([N+](=O)[O-])c(N=O)c1N. The molecular formula is C13H15N5O6. The third-order valence-corrected chi connectivity index (χ3v) is 2.70. The Bertz CT molecular complexity index is 702. The molecule has 11 heteroatoms. The minimum absolute atomic E-state index is 0.0104. The van der Waals surface area contributed by atoms with Crippen LogP contribution in [0.25, 0.3) is 0 Å². The maximum absolute atomic E-state index is 11.7. The third kappa shape index (κ3) is 4.76. The first-order chi connectivity index (χ1) is 11.3. The van der Waals surface area contributed by atoms with Crippen LogP contribution < -0.4 is 16.4 Å². The summed E-state index contributed by atoms with van der Waals surface area (Å²) in [6.45, 7) is 4.82. The fourth-order valence-electron chi connectivity index (χ4n) is 1.55. The van der Waals surface area contributed by atoms with Gasteiger partial charge >= 0.3 is 17.7 Å². The van der Waals surface area contributed by atoms with Crippen LogP contribution in [0.4, 0.5) is 27.5 Å². The van der Waals surface area contributed by atoms with Crippen LogP contribution in [0.5, 0.6) is 0 Å². The van der Waals surface area contributed by atoms with Gasteiger partial charge in [0.05, 0.1) is 22.8 Å². The lowest BCUT2D eigenvalue weighted by atomic mass is 10.2. The van der Waals surface area contributed by atoms with Crippen LogP contribution in [0.1, 0.15) is 6.92 Å². The van der Waals surface area contributed by atoms with Gasteiger partial charge in [0.1, 0.15) is 6.61 Å². The summed E-state index contributed by atoms with van der Waals surface area (Å²) in [5.41, 5.74) is 4.32. The zero-order chi connectivity index (χ0) is 18.3. The second-order valence-corrected chi connectivity index (χ2v) is 4.54. The van der Waals surface area contributed by atoms with Gasteiger partial charge in [0.25, 0.3) is 0 Å². The number of nitrogens with zero attached hydrogens (tertiary/aromatic N) is 2. The predicted molar refractivity (Wildman–Crippen MR) is 85.8 cm³/mol. The molecule has 0 bridgehead atoms. The average Bonchev–Trinajstić information content (AvgIpc) is 2.52. The number of anilines is 2. The van der Waals surface area contributed by atoms with Gasteiger partial charge in [-0.2, -0.15) is 0 Å². The van der Waals surface area contributed by atoms with E-state index < -0.39 is 28.3 Å². The number of nitro benzene ring substituents is 1. The smallest absolute Gasteiger partial charge is 0.333 e. The summed E-state index contributed by atoms with van der Waals surface area (Å²) in [6.07, 6.45) is 0. The number of benzene rings is 1. The van der Waals surface area contributed by atoms with Gasteiger partial charge in [-0.05, 0) is 18.2 Å². The normalized spacial score (nSPS) is 9.71. The van der Waals surface area contributed by atoms with E-state index in [2.05, 4.69) is 22.4 Å². The van der Waals surface area contributed by atoms with Gasteiger partial charge in [0.15, 0.2) is 0 Å². The minimum Gasteiger partial charge on any atom is -0.460 e. The van der Waals surface area contributed by atoms with E-state index in [1.54, 1.807) is 0 Å². The van der Waals surface area contributed by atoms with Crippen molar-refractivity contribution in [3.63, 3.8) is 0 Å². The van der Waals surface area contributed by atoms with Gasteiger partial charge in [0.2, 0.25) is 5.69 Å². The first-order valence-corrected chi connectivity index (χ1v) is 6.55. The second kappa shape index (κ2) is 8.22. The summed E-state index contributed by atoms with van der Waals surface area (Å²) < 4.78 is 4.77. The van der Waals surface area contributed by atoms with Crippen molar-refractivity contribution in [1.29, 1.82) is 0 Å². The largest absolute Gasteiger partial charge is 0.460 e. The quantitative estimate of drug-likeness (QED) is 0.130. The number of nitrogens with two attached hydrogens (primary N) is 1. The van der Waals surface area contributed by atoms with Crippen molar-refractivity contribution in [2.75, 3.05) is 24.2 Å². The zero-order valence-corrected chi connectivity index (χ0v) is 12.7. The number of urea groups is 1. The van der Waals surface area contributed by atoms with E-state index in [-0.39, 0.29) is 30.1 Å². The van der Waals surface area contributed by atoms with Crippen molar-refractivity contribution in [3.05, 3.63) is 39.3 Å². The Balaban J connectivity index is 2.65. The topological polar surface area (TPSA) is 166 Å². The zero-order valence-electron chi connectivity index (χ0n) is 12.7. The molecule has 11 nitrogen and oxygen atoms in total. The minimum atomic E-state index is -0.813. The van der Waals surface area contributed by atoms with Crippen LogP contribution >= 0.6 is 0 Å². The van der Waals surface area contributed by atoms with E-state index in [4.69, 9.17) is 10.5 Å². The molecule has 2 amide bonds. The van der Waals surface area contributed by atoms with Crippen molar-refractivity contribution in [3.8, 4) is 0 Å². The van der Waals surface area contributed by atoms with Gasteiger partial charge < -0.3 is 21.1 Å². The molecule has 0 saturated heterocycles. The number of nitro groups is 1. The van der Waals surface area contributed by atoms with E-state index in [9.17, 15) is 24.6 Å². The maximum atomic E-state index is 11.7. The van der Waals surface area contributed by atoms with E-state index >= 15 is 0 Å². The lowest BCUT2D eigenvalue weighted by Crippen LogP contribution is -2.32. The lowest BCUT2D eigenvalue weighted by Gasteiger charge is -2.10. The highest BCUT2D eigenvalue weighted by atomic mass is 16.6. The molecule has 1 rings (SSSR count). The monoisotopic (exact) mass is 337 g/mol. The molecule has 1 aromatic rings. The van der Waals surface area contributed by atoms with Gasteiger partial charge in [-0.1, -0.05) is 6.58 Å². The first-order valence-electron chi connectivity index (χ1n) is 6.55. The summed E-state index contributed by atoms with van der Waals surface area (Å²) in [6, 6.07) is 1.46. The number of hydrogen-bond acceptors (Lipinski definition) is 8. The summed E-state index contributed by atoms with van der Waals surface area (Å²) >= 11 is 0. The van der Waals surface area contributed by atoms with Crippen LogP contribution in [-0.4, -0.2) is 30.1 Å². The van der Waals surface area contributed by atoms with Gasteiger partial charge in [-0.3, -0.25) is 10.1 Å². The fraction of sp³-hybridized carbons (Fsp3) is 0.231. The highest BCUT2D eigenvalue weighted by molar-refractivity contribution is 5.96. The van der Waals surface area contributed by atoms with Gasteiger partial charge in [-0.25, -0.2) is 9.59 Å². The molecule has 0 radical (unpaired) electrons. The molecule has 0 aliphatic rings. The molecule has 0 atom stereocenters. The fourth-order valence-corrected chi connectivity index (χ4v) is 1.55. The number of ether oxygens (including phenoxy) is 1. The summed E-state index contributed by atoms with van der Waals surface area (Å²) in [5.74, 6) is -0.585. The lowest BCUT2D eigenvalue weighted by molar-refractivity contribution is -0.384. The number of amides is 2. The van der Waals surface area contributed by atoms with E-state index in [0.29, 0.717) is 0 Å². The molecule has 24 heavy (non-hydrogen) atoms. The Labute approximate surface area is 136 Å². The highest BCUT2D eigenvalue weighted by Gasteiger charge is 2.21. The number of carbonyl (C=O) groups is 2. The number of nitrogens with one attached hydrogen (secondary N) is 2. The number of rotatable bonds is 7. The van der Waals surface area contributed by atoms with Crippen LogP contribution in [0.3, 0.4) is 0 Å². The molecule has 128 valence electrons. The number of esters is 1. The van der Waals surface area contributed by atoms with Crippen molar-refractivity contribution < 1.29 is 19.2 Å². The van der Waals surface area contributed by atoms with Crippen LogP contribution in [0.2, 0.25) is 0 Å². The first kappa shape index (κ1) is 18.5. The van der Waals surface area contributed by atoms with E-state index in [1.807, 2.05) is 0 Å². The van der Waals surface area contributed by atoms with Gasteiger partial charge in [-0.15, -0.1) is 4.91 Å².